The smallest absolute Gasteiger partial charge is 0.255 e. The molecule has 1 heterocycles. The lowest BCUT2D eigenvalue weighted by Crippen LogP contribution is -2.40. The van der Waals surface area contributed by atoms with E-state index in [2.05, 4.69) is 21.2 Å². The summed E-state index contributed by atoms with van der Waals surface area (Å²) < 4.78 is 6.18. The van der Waals surface area contributed by atoms with E-state index in [9.17, 15) is 9.59 Å². The molecule has 1 N–H and O–H groups in total. The molecule has 0 aromatic heterocycles. The van der Waals surface area contributed by atoms with Gasteiger partial charge in [-0.15, -0.1) is 0 Å². The Bertz CT molecular complexity index is 740. The van der Waals surface area contributed by atoms with Gasteiger partial charge in [0.2, 0.25) is 0 Å². The molecule has 0 spiro atoms. The second kappa shape index (κ2) is 7.59. The third-order valence-electron chi connectivity index (χ3n) is 3.77. The number of amides is 2. The lowest BCUT2D eigenvalue weighted by atomic mass is 10.1. The molecule has 2 amide bonds. The predicted molar refractivity (Wildman–Crippen MR) is 95.3 cm³/mol. The van der Waals surface area contributed by atoms with Gasteiger partial charge in [0.25, 0.3) is 11.8 Å². The standard InChI is InChI=1S/C18H17BrN2O3/c19-15-6-4-13(5-7-15)17(22)20-16-3-1-2-14(12-16)18(23)21-8-10-24-11-9-21/h1-7,12H,8-11H2,(H,20,22). The van der Waals surface area contributed by atoms with Gasteiger partial charge in [0.1, 0.15) is 0 Å². The first-order valence-electron chi connectivity index (χ1n) is 7.67. The second-order valence-electron chi connectivity index (χ2n) is 5.45. The third-order valence-corrected chi connectivity index (χ3v) is 4.30. The zero-order valence-electron chi connectivity index (χ0n) is 13.0. The fraction of sp³-hybridized carbons (Fsp3) is 0.222. The van der Waals surface area contributed by atoms with Crippen molar-refractivity contribution in [2.24, 2.45) is 0 Å². The summed E-state index contributed by atoms with van der Waals surface area (Å²) in [6, 6.07) is 14.1. The topological polar surface area (TPSA) is 58.6 Å². The molecule has 24 heavy (non-hydrogen) atoms. The second-order valence-corrected chi connectivity index (χ2v) is 6.36. The number of carbonyl (C=O) groups excluding carboxylic acids is 2. The van der Waals surface area contributed by atoms with Crippen molar-refractivity contribution in [1.29, 1.82) is 0 Å². The number of halogens is 1. The molecule has 0 radical (unpaired) electrons. The fourth-order valence-electron chi connectivity index (χ4n) is 2.48. The molecule has 6 heteroatoms. The highest BCUT2D eigenvalue weighted by atomic mass is 79.9. The Morgan fingerprint density at radius 2 is 1.71 bits per heavy atom. The number of morpholine rings is 1. The van der Waals surface area contributed by atoms with Crippen molar-refractivity contribution in [3.8, 4) is 0 Å². The van der Waals surface area contributed by atoms with Crippen molar-refractivity contribution in [1.82, 2.24) is 4.90 Å². The van der Waals surface area contributed by atoms with Crippen LogP contribution in [-0.4, -0.2) is 43.0 Å². The Hall–Kier alpha value is -2.18. The number of benzene rings is 2. The Kier molecular flexibility index (Phi) is 5.27. The molecular formula is C18H17BrN2O3. The van der Waals surface area contributed by atoms with Gasteiger partial charge in [-0.25, -0.2) is 0 Å². The number of carbonyl (C=O) groups is 2. The molecule has 0 unspecified atom stereocenters. The molecule has 0 saturated carbocycles. The van der Waals surface area contributed by atoms with Crippen LogP contribution in [0, 0.1) is 0 Å². The van der Waals surface area contributed by atoms with Crippen LogP contribution in [0.25, 0.3) is 0 Å². The highest BCUT2D eigenvalue weighted by Crippen LogP contribution is 2.16. The van der Waals surface area contributed by atoms with Gasteiger partial charge in [-0.3, -0.25) is 9.59 Å². The SMILES string of the molecule is O=C(Nc1cccc(C(=O)N2CCOCC2)c1)c1ccc(Br)cc1. The third kappa shape index (κ3) is 4.01. The fourth-order valence-corrected chi connectivity index (χ4v) is 2.75. The Balaban J connectivity index is 1.71. The first-order valence-corrected chi connectivity index (χ1v) is 8.47. The van der Waals surface area contributed by atoms with E-state index in [0.717, 1.165) is 4.47 Å². The van der Waals surface area contributed by atoms with Crippen molar-refractivity contribution in [2.75, 3.05) is 31.6 Å². The zero-order valence-corrected chi connectivity index (χ0v) is 14.6. The van der Waals surface area contributed by atoms with Crippen LogP contribution in [0.15, 0.2) is 53.0 Å². The first kappa shape index (κ1) is 16.7. The van der Waals surface area contributed by atoms with Crippen molar-refractivity contribution in [3.05, 3.63) is 64.1 Å². The maximum Gasteiger partial charge on any atom is 0.255 e. The van der Waals surface area contributed by atoms with E-state index in [1.165, 1.54) is 0 Å². The largest absolute Gasteiger partial charge is 0.378 e. The summed E-state index contributed by atoms with van der Waals surface area (Å²) >= 11 is 3.34. The number of nitrogens with zero attached hydrogens (tertiary/aromatic N) is 1. The summed E-state index contributed by atoms with van der Waals surface area (Å²) in [4.78, 5) is 26.5. The van der Waals surface area contributed by atoms with Gasteiger partial charge in [0.05, 0.1) is 13.2 Å². The summed E-state index contributed by atoms with van der Waals surface area (Å²) in [6.45, 7) is 2.31. The summed E-state index contributed by atoms with van der Waals surface area (Å²) in [6.07, 6.45) is 0. The van der Waals surface area contributed by atoms with Crippen LogP contribution in [0.3, 0.4) is 0 Å². The molecule has 5 nitrogen and oxygen atoms in total. The van der Waals surface area contributed by atoms with E-state index in [0.29, 0.717) is 43.1 Å². The highest BCUT2D eigenvalue weighted by Gasteiger charge is 2.18. The van der Waals surface area contributed by atoms with E-state index in [1.54, 1.807) is 41.3 Å². The minimum Gasteiger partial charge on any atom is -0.378 e. The monoisotopic (exact) mass is 388 g/mol. The normalized spacial score (nSPS) is 14.3. The molecule has 3 rings (SSSR count). The van der Waals surface area contributed by atoms with E-state index < -0.39 is 0 Å². The number of rotatable bonds is 3. The average molecular weight is 389 g/mol. The molecule has 0 aliphatic carbocycles. The van der Waals surface area contributed by atoms with Crippen molar-refractivity contribution in [2.45, 2.75) is 0 Å². The summed E-state index contributed by atoms with van der Waals surface area (Å²) in [5.74, 6) is -0.253. The van der Waals surface area contributed by atoms with Gasteiger partial charge in [0.15, 0.2) is 0 Å². The van der Waals surface area contributed by atoms with Crippen LogP contribution in [0.5, 0.6) is 0 Å². The first-order chi connectivity index (χ1) is 11.6. The van der Waals surface area contributed by atoms with Crippen molar-refractivity contribution < 1.29 is 14.3 Å². The molecule has 2 aromatic rings. The van der Waals surface area contributed by atoms with Crippen LogP contribution in [0.2, 0.25) is 0 Å². The zero-order chi connectivity index (χ0) is 16.9. The van der Waals surface area contributed by atoms with Gasteiger partial charge >= 0.3 is 0 Å². The van der Waals surface area contributed by atoms with Crippen LogP contribution in [0.4, 0.5) is 5.69 Å². The number of hydrogen-bond donors (Lipinski definition) is 1. The van der Waals surface area contributed by atoms with Gasteiger partial charge in [-0.05, 0) is 42.5 Å². The summed E-state index contributed by atoms with van der Waals surface area (Å²) in [7, 11) is 0. The molecule has 1 fully saturated rings. The number of ether oxygens (including phenoxy) is 1. The summed E-state index contributed by atoms with van der Waals surface area (Å²) in [5, 5.41) is 2.83. The van der Waals surface area contributed by atoms with Gasteiger partial charge in [-0.2, -0.15) is 0 Å². The van der Waals surface area contributed by atoms with Crippen LogP contribution in [0.1, 0.15) is 20.7 Å². The van der Waals surface area contributed by atoms with Gasteiger partial charge in [-0.1, -0.05) is 22.0 Å². The molecule has 2 aromatic carbocycles. The average Bonchev–Trinajstić information content (AvgIpc) is 2.62. The molecular weight excluding hydrogens is 372 g/mol. The molecule has 1 aliphatic rings. The highest BCUT2D eigenvalue weighted by molar-refractivity contribution is 9.10. The number of anilines is 1. The minimum atomic E-state index is -0.210. The lowest BCUT2D eigenvalue weighted by molar-refractivity contribution is 0.0303. The quantitative estimate of drug-likeness (QED) is 0.878. The van der Waals surface area contributed by atoms with Crippen LogP contribution >= 0.6 is 15.9 Å². The minimum absolute atomic E-state index is 0.0435. The molecule has 1 saturated heterocycles. The Morgan fingerprint density at radius 1 is 1.00 bits per heavy atom. The lowest BCUT2D eigenvalue weighted by Gasteiger charge is -2.27. The van der Waals surface area contributed by atoms with Gasteiger partial charge < -0.3 is 15.0 Å². The predicted octanol–water partition coefficient (Wildman–Crippen LogP) is 3.17. The van der Waals surface area contributed by atoms with E-state index in [1.807, 2.05) is 12.1 Å². The maximum atomic E-state index is 12.5. The molecule has 0 atom stereocenters. The van der Waals surface area contributed by atoms with Crippen molar-refractivity contribution in [3.63, 3.8) is 0 Å². The molecule has 0 bridgehead atoms. The van der Waals surface area contributed by atoms with Crippen LogP contribution < -0.4 is 5.32 Å². The number of hydrogen-bond acceptors (Lipinski definition) is 3. The summed E-state index contributed by atoms with van der Waals surface area (Å²) in [5.41, 5.74) is 1.72. The number of nitrogens with one attached hydrogen (secondary N) is 1. The van der Waals surface area contributed by atoms with Crippen LogP contribution in [-0.2, 0) is 4.74 Å². The molecule has 124 valence electrons. The Morgan fingerprint density at radius 3 is 2.42 bits per heavy atom. The molecule has 1 aliphatic heterocycles. The van der Waals surface area contributed by atoms with E-state index in [-0.39, 0.29) is 11.8 Å². The van der Waals surface area contributed by atoms with Crippen molar-refractivity contribution >= 4 is 33.4 Å². The maximum absolute atomic E-state index is 12.5. The Labute approximate surface area is 148 Å². The van der Waals surface area contributed by atoms with E-state index in [4.69, 9.17) is 4.74 Å². The van der Waals surface area contributed by atoms with Gasteiger partial charge in [0, 0.05) is 34.4 Å². The van der Waals surface area contributed by atoms with E-state index >= 15 is 0 Å².